The molecule has 9 rings (SSSR count). The molecule has 10 nitrogen and oxygen atoms in total. The molecule has 5 aliphatic rings. The molecular formula is C39H44F4N8O2. The summed E-state index contributed by atoms with van der Waals surface area (Å²) in [5.74, 6) is 1.35. The number of hydrogen-bond acceptors (Lipinski definition) is 8. The lowest BCUT2D eigenvalue weighted by atomic mass is 9.72. The van der Waals surface area contributed by atoms with Gasteiger partial charge in [0, 0.05) is 80.2 Å². The van der Waals surface area contributed by atoms with Crippen molar-refractivity contribution in [2.45, 2.75) is 69.8 Å². The molecule has 4 aromatic rings. The number of piperidine rings is 1. The van der Waals surface area contributed by atoms with E-state index in [1.165, 1.54) is 6.08 Å². The Morgan fingerprint density at radius 3 is 2.51 bits per heavy atom. The van der Waals surface area contributed by atoms with E-state index in [-0.39, 0.29) is 29.0 Å². The topological polar surface area (TPSA) is 93.7 Å². The Kier molecular flexibility index (Phi) is 8.32. The summed E-state index contributed by atoms with van der Waals surface area (Å²) < 4.78 is 62.5. The van der Waals surface area contributed by atoms with Crippen LogP contribution in [0.1, 0.15) is 55.6 Å². The maximum Gasteiger partial charge on any atom is 0.422 e. The molecule has 0 radical (unpaired) electrons. The van der Waals surface area contributed by atoms with E-state index in [1.54, 1.807) is 6.20 Å². The predicted molar refractivity (Wildman–Crippen MR) is 195 cm³/mol. The Morgan fingerprint density at radius 2 is 1.81 bits per heavy atom. The predicted octanol–water partition coefficient (Wildman–Crippen LogP) is 6.54. The second-order valence-electron chi connectivity index (χ2n) is 15.8. The van der Waals surface area contributed by atoms with Gasteiger partial charge in [-0.05, 0) is 86.3 Å². The van der Waals surface area contributed by atoms with Gasteiger partial charge in [0.05, 0.1) is 11.7 Å². The van der Waals surface area contributed by atoms with Crippen LogP contribution in [0.3, 0.4) is 0 Å². The standard InChI is InChI=1S/C39H44F4N8O2/c1-3-31(52)51-20-38(21-51)10-14-48(15-11-38)36-28-16-27(24-5-6-24)33(32-23(2)4-7-30-29(32)17-44-47-30)35(53-22-39(41,42)43)34(28)45-37(46-36)50-13-9-26(19-50)49-12-8-25(40)18-49/h3-4,7,16-17,24-26H,1,5-6,8-15,18-22H2,2H3,(H,44,47)/t25-,26-/m0/s1. The number of nitrogens with zero attached hydrogens (tertiary/aromatic N) is 7. The first kappa shape index (κ1) is 34.3. The molecule has 4 saturated heterocycles. The van der Waals surface area contributed by atoms with E-state index < -0.39 is 19.0 Å². The summed E-state index contributed by atoms with van der Waals surface area (Å²) in [4.78, 5) is 31.0. The van der Waals surface area contributed by atoms with Crippen molar-refractivity contribution in [2.75, 3.05) is 68.8 Å². The Labute approximate surface area is 305 Å². The minimum atomic E-state index is -4.58. The Bertz CT molecular complexity index is 2080. The fourth-order valence-corrected chi connectivity index (χ4v) is 9.19. The van der Waals surface area contributed by atoms with Crippen molar-refractivity contribution in [2.24, 2.45) is 5.41 Å². The van der Waals surface area contributed by atoms with Gasteiger partial charge in [0.2, 0.25) is 11.9 Å². The molecule has 2 aromatic carbocycles. The van der Waals surface area contributed by atoms with Crippen LogP contribution < -0.4 is 14.5 Å². The highest BCUT2D eigenvalue weighted by atomic mass is 19.4. The van der Waals surface area contributed by atoms with E-state index in [2.05, 4.69) is 37.5 Å². The summed E-state index contributed by atoms with van der Waals surface area (Å²) in [6.07, 6.45) is 2.57. The Morgan fingerprint density at radius 1 is 1.02 bits per heavy atom. The van der Waals surface area contributed by atoms with Gasteiger partial charge in [-0.2, -0.15) is 23.3 Å². The van der Waals surface area contributed by atoms with Crippen molar-refractivity contribution in [1.29, 1.82) is 0 Å². The zero-order valence-electron chi connectivity index (χ0n) is 29.9. The highest BCUT2D eigenvalue weighted by Gasteiger charge is 2.47. The van der Waals surface area contributed by atoms with Crippen LogP contribution in [0.15, 0.2) is 37.1 Å². The number of aromatic amines is 1. The molecule has 5 fully saturated rings. The lowest BCUT2D eigenvalue weighted by molar-refractivity contribution is -0.153. The molecule has 14 heteroatoms. The monoisotopic (exact) mass is 732 g/mol. The minimum Gasteiger partial charge on any atom is -0.481 e. The average molecular weight is 733 g/mol. The smallest absolute Gasteiger partial charge is 0.422 e. The first-order valence-electron chi connectivity index (χ1n) is 18.8. The normalized spacial score (nSPS) is 23.4. The molecule has 53 heavy (non-hydrogen) atoms. The van der Waals surface area contributed by atoms with E-state index in [4.69, 9.17) is 14.7 Å². The fraction of sp³-hybridized carbons (Fsp3) is 0.538. The van der Waals surface area contributed by atoms with Crippen molar-refractivity contribution in [3.8, 4) is 16.9 Å². The number of benzene rings is 2. The molecule has 4 aliphatic heterocycles. The first-order chi connectivity index (χ1) is 25.5. The number of anilines is 2. The van der Waals surface area contributed by atoms with E-state index in [9.17, 15) is 22.4 Å². The van der Waals surface area contributed by atoms with E-state index in [0.717, 1.165) is 59.7 Å². The van der Waals surface area contributed by atoms with Crippen LogP contribution in [0.2, 0.25) is 0 Å². The highest BCUT2D eigenvalue weighted by molar-refractivity contribution is 6.06. The molecule has 2 atom stereocenters. The van der Waals surface area contributed by atoms with Gasteiger partial charge in [0.15, 0.2) is 12.4 Å². The third kappa shape index (κ3) is 6.26. The van der Waals surface area contributed by atoms with Crippen LogP contribution in [0, 0.1) is 12.3 Å². The Hall–Kier alpha value is -4.46. The second kappa shape index (κ2) is 12.8. The van der Waals surface area contributed by atoms with E-state index in [1.807, 2.05) is 24.0 Å². The summed E-state index contributed by atoms with van der Waals surface area (Å²) in [7, 11) is 0. The van der Waals surface area contributed by atoms with Gasteiger partial charge >= 0.3 is 6.18 Å². The summed E-state index contributed by atoms with van der Waals surface area (Å²) in [5, 5.41) is 8.80. The van der Waals surface area contributed by atoms with Gasteiger partial charge < -0.3 is 19.4 Å². The molecule has 1 spiro atoms. The highest BCUT2D eigenvalue weighted by Crippen LogP contribution is 2.53. The lowest BCUT2D eigenvalue weighted by Crippen LogP contribution is -2.61. The number of fused-ring (bicyclic) bond motifs is 2. The minimum absolute atomic E-state index is 0.0289. The van der Waals surface area contributed by atoms with Gasteiger partial charge in [-0.3, -0.25) is 14.8 Å². The third-order valence-corrected chi connectivity index (χ3v) is 12.2. The van der Waals surface area contributed by atoms with Crippen molar-refractivity contribution < 1.29 is 27.1 Å². The molecule has 6 heterocycles. The van der Waals surface area contributed by atoms with Crippen molar-refractivity contribution >= 4 is 39.5 Å². The number of alkyl halides is 4. The van der Waals surface area contributed by atoms with Gasteiger partial charge in [-0.1, -0.05) is 12.6 Å². The summed E-state index contributed by atoms with van der Waals surface area (Å²) in [6.45, 7) is 9.26. The van der Waals surface area contributed by atoms with Crippen molar-refractivity contribution in [3.05, 3.63) is 48.2 Å². The zero-order valence-corrected chi connectivity index (χ0v) is 29.9. The molecule has 0 unspecified atom stereocenters. The number of halogens is 4. The molecule has 1 aliphatic carbocycles. The second-order valence-corrected chi connectivity index (χ2v) is 15.8. The molecule has 1 amide bonds. The number of ether oxygens (including phenoxy) is 1. The van der Waals surface area contributed by atoms with E-state index in [0.29, 0.717) is 87.0 Å². The maximum atomic E-state index is 14.2. The van der Waals surface area contributed by atoms with Crippen LogP contribution in [0.5, 0.6) is 5.75 Å². The zero-order chi connectivity index (χ0) is 36.6. The number of rotatable bonds is 8. The molecule has 1 saturated carbocycles. The molecular weight excluding hydrogens is 688 g/mol. The van der Waals surface area contributed by atoms with Gasteiger partial charge in [-0.15, -0.1) is 0 Å². The van der Waals surface area contributed by atoms with Crippen molar-refractivity contribution in [3.63, 3.8) is 0 Å². The Balaban J connectivity index is 1.20. The van der Waals surface area contributed by atoms with Gasteiger partial charge in [0.1, 0.15) is 17.5 Å². The maximum absolute atomic E-state index is 14.2. The lowest BCUT2D eigenvalue weighted by Gasteiger charge is -2.54. The summed E-state index contributed by atoms with van der Waals surface area (Å²) in [5.41, 5.74) is 4.43. The van der Waals surface area contributed by atoms with Crippen LogP contribution in [-0.4, -0.2) is 113 Å². The molecule has 1 N–H and O–H groups in total. The molecule has 0 bridgehead atoms. The molecule has 280 valence electrons. The largest absolute Gasteiger partial charge is 0.481 e. The number of carbonyl (C=O) groups is 1. The van der Waals surface area contributed by atoms with Crippen molar-refractivity contribution in [1.82, 2.24) is 30.0 Å². The van der Waals surface area contributed by atoms with Crippen LogP contribution in [0.4, 0.5) is 29.3 Å². The number of aryl methyl sites for hydroxylation is 1. The van der Waals surface area contributed by atoms with E-state index >= 15 is 0 Å². The summed E-state index contributed by atoms with van der Waals surface area (Å²) >= 11 is 0. The average Bonchev–Trinajstić information content (AvgIpc) is 3.45. The van der Waals surface area contributed by atoms with Crippen LogP contribution in [-0.2, 0) is 4.79 Å². The number of amides is 1. The third-order valence-electron chi connectivity index (χ3n) is 12.2. The number of likely N-dealkylation sites (tertiary alicyclic amines) is 2. The molecule has 2 aromatic heterocycles. The fourth-order valence-electron chi connectivity index (χ4n) is 9.19. The number of carbonyl (C=O) groups excluding carboxylic acids is 1. The number of H-pyrrole nitrogens is 1. The quantitative estimate of drug-likeness (QED) is 0.162. The van der Waals surface area contributed by atoms with Gasteiger partial charge in [0.25, 0.3) is 0 Å². The number of nitrogens with one attached hydrogen (secondary N) is 1. The number of hydrogen-bond donors (Lipinski definition) is 1. The van der Waals surface area contributed by atoms with Gasteiger partial charge in [-0.25, -0.2) is 9.37 Å². The van der Waals surface area contributed by atoms with Crippen LogP contribution in [0.25, 0.3) is 32.9 Å². The SMILES string of the molecule is C=CC(=O)N1CC2(CCN(c3nc(N4CC[C@H](N5CC[C@H](F)C5)C4)nc4c(OCC(F)(F)F)c(-c5c(C)ccc6[nH]ncc56)c(C5CC5)cc34)CC2)C1. The first-order valence-corrected chi connectivity index (χ1v) is 18.8. The number of aromatic nitrogens is 4. The van der Waals surface area contributed by atoms with Crippen LogP contribution >= 0.6 is 0 Å². The summed E-state index contributed by atoms with van der Waals surface area (Å²) in [6, 6.07) is 6.14.